The molecular formula is C16H33N3O4. The van der Waals surface area contributed by atoms with Crippen LogP contribution in [0.2, 0.25) is 0 Å². The molecule has 2 unspecified atom stereocenters. The van der Waals surface area contributed by atoms with E-state index in [0.717, 1.165) is 4.90 Å². The summed E-state index contributed by atoms with van der Waals surface area (Å²) in [7, 11) is 0. The Labute approximate surface area is 139 Å². The van der Waals surface area contributed by atoms with Gasteiger partial charge < -0.3 is 20.5 Å². The average Bonchev–Trinajstić information content (AvgIpc) is 2.28. The van der Waals surface area contributed by atoms with E-state index in [0.29, 0.717) is 6.54 Å². The topological polar surface area (TPSA) is 93.9 Å². The monoisotopic (exact) mass is 331 g/mol. The normalized spacial score (nSPS) is 14.8. The van der Waals surface area contributed by atoms with Crippen molar-refractivity contribution in [3.8, 4) is 0 Å². The maximum absolute atomic E-state index is 12.3. The molecule has 7 heteroatoms. The molecule has 0 spiro atoms. The highest BCUT2D eigenvalue weighted by atomic mass is 16.6. The predicted octanol–water partition coefficient (Wildman–Crippen LogP) is 2.48. The SMILES string of the molecule is CC(N)CNC(C)CN(C(=O)OC(C)(C)C)C(=O)OC(C)(C)C. The standard InChI is InChI=1S/C16H33N3O4/c1-11(17)9-18-12(2)10-19(13(20)22-15(3,4)5)14(21)23-16(6,7)8/h11-12,18H,9-10,17H2,1-8H3. The van der Waals surface area contributed by atoms with Gasteiger partial charge in [-0.25, -0.2) is 14.5 Å². The first-order valence-electron chi connectivity index (χ1n) is 7.93. The third kappa shape index (κ3) is 10.9. The largest absolute Gasteiger partial charge is 0.443 e. The quantitative estimate of drug-likeness (QED) is 0.804. The number of carbonyl (C=O) groups excluding carboxylic acids is 2. The summed E-state index contributed by atoms with van der Waals surface area (Å²) in [5.41, 5.74) is 4.31. The van der Waals surface area contributed by atoms with Gasteiger partial charge in [0.25, 0.3) is 0 Å². The van der Waals surface area contributed by atoms with Crippen molar-refractivity contribution >= 4 is 12.2 Å². The van der Waals surface area contributed by atoms with Gasteiger partial charge in [-0.1, -0.05) is 0 Å². The molecule has 0 aromatic heterocycles. The summed E-state index contributed by atoms with van der Waals surface area (Å²) in [6, 6.07) is -0.157. The van der Waals surface area contributed by atoms with E-state index in [2.05, 4.69) is 5.32 Å². The van der Waals surface area contributed by atoms with Crippen molar-refractivity contribution in [1.29, 1.82) is 0 Å². The minimum Gasteiger partial charge on any atom is -0.443 e. The zero-order chi connectivity index (χ0) is 18.4. The number of ether oxygens (including phenoxy) is 2. The molecule has 0 bridgehead atoms. The lowest BCUT2D eigenvalue weighted by atomic mass is 10.2. The molecule has 0 rings (SSSR count). The molecule has 7 nitrogen and oxygen atoms in total. The van der Waals surface area contributed by atoms with Crippen molar-refractivity contribution in [3.05, 3.63) is 0 Å². The Kier molecular flexibility index (Phi) is 8.00. The summed E-state index contributed by atoms with van der Waals surface area (Å²) in [5.74, 6) is 0. The fourth-order valence-corrected chi connectivity index (χ4v) is 1.58. The van der Waals surface area contributed by atoms with Crippen LogP contribution in [0.1, 0.15) is 55.4 Å². The van der Waals surface area contributed by atoms with Crippen LogP contribution >= 0.6 is 0 Å². The van der Waals surface area contributed by atoms with E-state index in [9.17, 15) is 9.59 Å². The second kappa shape index (κ2) is 8.49. The number of imide groups is 1. The summed E-state index contributed by atoms with van der Waals surface area (Å²) < 4.78 is 10.6. The molecule has 3 N–H and O–H groups in total. The van der Waals surface area contributed by atoms with E-state index in [1.165, 1.54) is 0 Å². The highest BCUT2D eigenvalue weighted by Crippen LogP contribution is 2.14. The van der Waals surface area contributed by atoms with Crippen molar-refractivity contribution in [3.63, 3.8) is 0 Å². The maximum Gasteiger partial charge on any atom is 0.419 e. The molecule has 0 saturated carbocycles. The third-order valence-electron chi connectivity index (χ3n) is 2.47. The summed E-state index contributed by atoms with van der Waals surface area (Å²) >= 11 is 0. The van der Waals surface area contributed by atoms with Gasteiger partial charge >= 0.3 is 12.2 Å². The van der Waals surface area contributed by atoms with Crippen LogP contribution in [0.5, 0.6) is 0 Å². The molecule has 0 fully saturated rings. The number of rotatable bonds is 5. The van der Waals surface area contributed by atoms with Crippen LogP contribution in [0.25, 0.3) is 0 Å². The molecule has 0 heterocycles. The van der Waals surface area contributed by atoms with Gasteiger partial charge in [0, 0.05) is 18.6 Å². The highest BCUT2D eigenvalue weighted by Gasteiger charge is 2.32. The van der Waals surface area contributed by atoms with Gasteiger partial charge in [0.15, 0.2) is 0 Å². The number of amides is 2. The molecule has 0 aliphatic heterocycles. The van der Waals surface area contributed by atoms with Crippen molar-refractivity contribution in [2.75, 3.05) is 13.1 Å². The zero-order valence-electron chi connectivity index (χ0n) is 15.7. The Balaban J connectivity index is 4.99. The summed E-state index contributed by atoms with van der Waals surface area (Å²) in [4.78, 5) is 25.6. The van der Waals surface area contributed by atoms with Gasteiger partial charge in [-0.05, 0) is 55.4 Å². The second-order valence-corrected chi connectivity index (χ2v) is 7.86. The van der Waals surface area contributed by atoms with Gasteiger partial charge in [-0.3, -0.25) is 0 Å². The fourth-order valence-electron chi connectivity index (χ4n) is 1.58. The Hall–Kier alpha value is -1.34. The third-order valence-corrected chi connectivity index (χ3v) is 2.47. The van der Waals surface area contributed by atoms with Gasteiger partial charge in [-0.2, -0.15) is 0 Å². The second-order valence-electron chi connectivity index (χ2n) is 7.86. The van der Waals surface area contributed by atoms with Crippen molar-refractivity contribution in [2.45, 2.75) is 78.7 Å². The number of hydrogen-bond donors (Lipinski definition) is 2. The van der Waals surface area contributed by atoms with E-state index >= 15 is 0 Å². The molecule has 0 aromatic rings. The minimum atomic E-state index is -0.721. The lowest BCUT2D eigenvalue weighted by Crippen LogP contribution is -2.50. The van der Waals surface area contributed by atoms with Crippen LogP contribution in [0.15, 0.2) is 0 Å². The van der Waals surface area contributed by atoms with E-state index in [1.54, 1.807) is 41.5 Å². The van der Waals surface area contributed by atoms with E-state index < -0.39 is 23.4 Å². The summed E-state index contributed by atoms with van der Waals surface area (Å²) in [5, 5.41) is 3.17. The van der Waals surface area contributed by atoms with Crippen LogP contribution in [0.4, 0.5) is 9.59 Å². The van der Waals surface area contributed by atoms with Crippen LogP contribution in [0, 0.1) is 0 Å². The van der Waals surface area contributed by atoms with Crippen molar-refractivity contribution in [2.24, 2.45) is 5.73 Å². The molecule has 23 heavy (non-hydrogen) atoms. The van der Waals surface area contributed by atoms with Crippen molar-refractivity contribution < 1.29 is 19.1 Å². The fraction of sp³-hybridized carbons (Fsp3) is 0.875. The lowest BCUT2D eigenvalue weighted by molar-refractivity contribution is 0.0000446. The molecule has 2 atom stereocenters. The Morgan fingerprint density at radius 3 is 1.70 bits per heavy atom. The van der Waals surface area contributed by atoms with Crippen molar-refractivity contribution in [1.82, 2.24) is 10.2 Å². The van der Waals surface area contributed by atoms with Gasteiger partial charge in [-0.15, -0.1) is 0 Å². The van der Waals surface area contributed by atoms with E-state index in [1.807, 2.05) is 13.8 Å². The van der Waals surface area contributed by atoms with E-state index in [-0.39, 0.29) is 18.6 Å². The molecule has 0 radical (unpaired) electrons. The minimum absolute atomic E-state index is 0.0195. The Morgan fingerprint density at radius 1 is 1.00 bits per heavy atom. The van der Waals surface area contributed by atoms with Gasteiger partial charge in [0.05, 0.1) is 6.54 Å². The van der Waals surface area contributed by atoms with Gasteiger partial charge in [0.1, 0.15) is 11.2 Å². The number of carbonyl (C=O) groups is 2. The number of nitrogens with two attached hydrogens (primary N) is 1. The first kappa shape index (κ1) is 21.7. The number of hydrogen-bond acceptors (Lipinski definition) is 6. The lowest BCUT2D eigenvalue weighted by Gasteiger charge is -2.30. The first-order chi connectivity index (χ1) is 10.2. The van der Waals surface area contributed by atoms with Crippen LogP contribution < -0.4 is 11.1 Å². The highest BCUT2D eigenvalue weighted by molar-refractivity contribution is 5.88. The molecule has 0 aliphatic carbocycles. The van der Waals surface area contributed by atoms with Crippen LogP contribution in [-0.4, -0.2) is 53.5 Å². The maximum atomic E-state index is 12.3. The van der Waals surface area contributed by atoms with Crippen LogP contribution in [-0.2, 0) is 9.47 Å². The zero-order valence-corrected chi connectivity index (χ0v) is 15.7. The van der Waals surface area contributed by atoms with Gasteiger partial charge in [0.2, 0.25) is 0 Å². The molecule has 136 valence electrons. The summed E-state index contributed by atoms with van der Waals surface area (Å²) in [6.07, 6.45) is -1.44. The Morgan fingerprint density at radius 2 is 1.39 bits per heavy atom. The number of nitrogens with zero attached hydrogens (tertiary/aromatic N) is 1. The van der Waals surface area contributed by atoms with E-state index in [4.69, 9.17) is 15.2 Å². The predicted molar refractivity (Wildman–Crippen MR) is 90.3 cm³/mol. The Bertz CT molecular complexity index is 369. The first-order valence-corrected chi connectivity index (χ1v) is 7.93. The average molecular weight is 331 g/mol. The smallest absolute Gasteiger partial charge is 0.419 e. The number of nitrogens with one attached hydrogen (secondary N) is 1. The molecular weight excluding hydrogens is 298 g/mol. The summed E-state index contributed by atoms with van der Waals surface area (Å²) in [6.45, 7) is 14.9. The molecule has 0 saturated heterocycles. The molecule has 0 aromatic carbocycles. The molecule has 2 amide bonds. The van der Waals surface area contributed by atoms with Crippen LogP contribution in [0.3, 0.4) is 0 Å². The molecule has 0 aliphatic rings.